The summed E-state index contributed by atoms with van der Waals surface area (Å²) in [6, 6.07) is 18.7. The Labute approximate surface area is 198 Å². The van der Waals surface area contributed by atoms with E-state index in [0.717, 1.165) is 11.8 Å². The Bertz CT molecular complexity index is 1250. The summed E-state index contributed by atoms with van der Waals surface area (Å²) in [5.74, 6) is -1.02. The SMILES string of the molecule is O=C(CCl)N(Cc1ccc(-n2cncn2)cc1)c1ccc(Oc2ccccc2)c(C(F)(F)F)c1. The summed E-state index contributed by atoms with van der Waals surface area (Å²) in [5.41, 5.74) is 0.500. The van der Waals surface area contributed by atoms with Gasteiger partial charge in [-0.15, -0.1) is 11.6 Å². The van der Waals surface area contributed by atoms with Crippen molar-refractivity contribution < 1.29 is 22.7 Å². The number of rotatable bonds is 7. The number of alkyl halides is 4. The van der Waals surface area contributed by atoms with Crippen LogP contribution in [0.3, 0.4) is 0 Å². The van der Waals surface area contributed by atoms with E-state index < -0.39 is 17.6 Å². The molecule has 0 aliphatic carbocycles. The van der Waals surface area contributed by atoms with Crippen LogP contribution in [0.25, 0.3) is 5.69 Å². The van der Waals surface area contributed by atoms with Gasteiger partial charge in [-0.05, 0) is 48.0 Å². The second kappa shape index (κ2) is 9.96. The summed E-state index contributed by atoms with van der Waals surface area (Å²) in [6.45, 7) is 0.0272. The average Bonchev–Trinajstić information content (AvgIpc) is 3.38. The number of ether oxygens (including phenoxy) is 1. The molecule has 0 spiro atoms. The number of anilines is 1. The molecule has 34 heavy (non-hydrogen) atoms. The van der Waals surface area contributed by atoms with Crippen LogP contribution in [0.2, 0.25) is 0 Å². The van der Waals surface area contributed by atoms with Gasteiger partial charge in [0, 0.05) is 5.69 Å². The summed E-state index contributed by atoms with van der Waals surface area (Å²) < 4.78 is 48.6. The van der Waals surface area contributed by atoms with Crippen molar-refractivity contribution in [3.63, 3.8) is 0 Å². The Kier molecular flexibility index (Phi) is 6.83. The minimum Gasteiger partial charge on any atom is -0.457 e. The zero-order valence-corrected chi connectivity index (χ0v) is 18.4. The van der Waals surface area contributed by atoms with Crippen LogP contribution >= 0.6 is 11.6 Å². The first-order valence-electron chi connectivity index (χ1n) is 10.1. The van der Waals surface area contributed by atoms with Gasteiger partial charge in [-0.25, -0.2) is 9.67 Å². The van der Waals surface area contributed by atoms with Crippen molar-refractivity contribution in [1.82, 2.24) is 14.8 Å². The molecule has 0 fully saturated rings. The Hall–Kier alpha value is -3.85. The third-order valence-electron chi connectivity index (χ3n) is 4.93. The standard InChI is InChI=1S/C24H18ClF3N4O2/c25-13-23(33)31(14-17-6-8-18(9-7-17)32-16-29-15-30-32)19-10-11-22(21(12-19)24(26,27)28)34-20-4-2-1-3-5-20/h1-12,15-16H,13-14H2. The highest BCUT2D eigenvalue weighted by Crippen LogP contribution is 2.40. The maximum absolute atomic E-state index is 13.9. The smallest absolute Gasteiger partial charge is 0.420 e. The minimum absolute atomic E-state index is 0.0272. The van der Waals surface area contributed by atoms with Crippen molar-refractivity contribution in [1.29, 1.82) is 0 Å². The Balaban J connectivity index is 1.65. The van der Waals surface area contributed by atoms with Gasteiger partial charge >= 0.3 is 6.18 Å². The fraction of sp³-hybridized carbons (Fsp3) is 0.125. The van der Waals surface area contributed by atoms with Crippen LogP contribution in [0, 0.1) is 0 Å². The number of halogens is 4. The second-order valence-corrected chi connectivity index (χ2v) is 7.48. The number of carbonyl (C=O) groups is 1. The highest BCUT2D eigenvalue weighted by atomic mass is 35.5. The van der Waals surface area contributed by atoms with Gasteiger partial charge in [0.2, 0.25) is 5.91 Å². The molecule has 0 aliphatic rings. The average molecular weight is 487 g/mol. The van der Waals surface area contributed by atoms with E-state index in [1.165, 1.54) is 29.7 Å². The van der Waals surface area contributed by atoms with Gasteiger partial charge in [0.15, 0.2) is 0 Å². The molecule has 1 aromatic heterocycles. The Morgan fingerprint density at radius 1 is 1.03 bits per heavy atom. The first-order chi connectivity index (χ1) is 16.3. The molecule has 0 bridgehead atoms. The molecule has 4 aromatic rings. The highest BCUT2D eigenvalue weighted by Gasteiger charge is 2.35. The first kappa shape index (κ1) is 23.3. The normalized spacial score (nSPS) is 11.3. The molecular formula is C24H18ClF3N4O2. The number of aromatic nitrogens is 3. The van der Waals surface area contributed by atoms with Crippen LogP contribution in [0.1, 0.15) is 11.1 Å². The summed E-state index contributed by atoms with van der Waals surface area (Å²) in [7, 11) is 0. The molecule has 0 saturated heterocycles. The number of hydrogen-bond acceptors (Lipinski definition) is 4. The van der Waals surface area contributed by atoms with Crippen molar-refractivity contribution >= 4 is 23.2 Å². The molecule has 174 valence electrons. The van der Waals surface area contributed by atoms with Crippen LogP contribution in [0.5, 0.6) is 11.5 Å². The van der Waals surface area contributed by atoms with E-state index in [2.05, 4.69) is 10.1 Å². The van der Waals surface area contributed by atoms with E-state index in [0.29, 0.717) is 5.56 Å². The molecule has 0 atom stereocenters. The zero-order valence-electron chi connectivity index (χ0n) is 17.6. The Morgan fingerprint density at radius 2 is 1.76 bits per heavy atom. The number of nitrogens with zero attached hydrogens (tertiary/aromatic N) is 4. The summed E-state index contributed by atoms with van der Waals surface area (Å²) >= 11 is 5.77. The van der Waals surface area contributed by atoms with Crippen molar-refractivity contribution in [2.45, 2.75) is 12.7 Å². The first-order valence-corrected chi connectivity index (χ1v) is 10.6. The predicted molar refractivity (Wildman–Crippen MR) is 121 cm³/mol. The summed E-state index contributed by atoms with van der Waals surface area (Å²) in [5, 5.41) is 4.04. The van der Waals surface area contributed by atoms with Gasteiger partial charge in [-0.3, -0.25) is 4.79 Å². The van der Waals surface area contributed by atoms with Crippen molar-refractivity contribution in [2.75, 3.05) is 10.8 Å². The molecule has 3 aromatic carbocycles. The lowest BCUT2D eigenvalue weighted by Gasteiger charge is -2.24. The fourth-order valence-corrected chi connectivity index (χ4v) is 3.43. The molecule has 0 N–H and O–H groups in total. The van der Waals surface area contributed by atoms with Gasteiger partial charge in [-0.1, -0.05) is 30.3 Å². The molecule has 0 unspecified atom stereocenters. The summed E-state index contributed by atoms with van der Waals surface area (Å²) in [6.07, 6.45) is -1.76. The summed E-state index contributed by atoms with van der Waals surface area (Å²) in [4.78, 5) is 17.7. The van der Waals surface area contributed by atoms with E-state index >= 15 is 0 Å². The van der Waals surface area contributed by atoms with E-state index in [4.69, 9.17) is 16.3 Å². The number of benzene rings is 3. The molecular weight excluding hydrogens is 469 g/mol. The maximum Gasteiger partial charge on any atom is 0.420 e. The Morgan fingerprint density at radius 3 is 2.38 bits per heavy atom. The quantitative estimate of drug-likeness (QED) is 0.307. The van der Waals surface area contributed by atoms with Crippen molar-refractivity contribution in [3.05, 3.63) is 96.6 Å². The molecule has 6 nitrogen and oxygen atoms in total. The van der Waals surface area contributed by atoms with Crippen LogP contribution in [-0.4, -0.2) is 26.6 Å². The second-order valence-electron chi connectivity index (χ2n) is 7.21. The third kappa shape index (κ3) is 5.37. The van der Waals surface area contributed by atoms with Gasteiger partial charge in [0.05, 0.1) is 12.2 Å². The van der Waals surface area contributed by atoms with Gasteiger partial charge in [0.25, 0.3) is 0 Å². The number of hydrogen-bond donors (Lipinski definition) is 0. The van der Waals surface area contributed by atoms with Crippen LogP contribution < -0.4 is 9.64 Å². The van der Waals surface area contributed by atoms with Crippen LogP contribution in [0.4, 0.5) is 18.9 Å². The van der Waals surface area contributed by atoms with Crippen LogP contribution in [-0.2, 0) is 17.5 Å². The maximum atomic E-state index is 13.9. The van der Waals surface area contributed by atoms with Gasteiger partial charge in [-0.2, -0.15) is 18.3 Å². The molecule has 1 heterocycles. The lowest BCUT2D eigenvalue weighted by molar-refractivity contribution is -0.138. The monoisotopic (exact) mass is 486 g/mol. The van der Waals surface area contributed by atoms with E-state index in [1.807, 2.05) is 0 Å². The van der Waals surface area contributed by atoms with Crippen molar-refractivity contribution in [3.8, 4) is 17.2 Å². The fourth-order valence-electron chi connectivity index (χ4n) is 3.29. The third-order valence-corrected chi connectivity index (χ3v) is 5.16. The largest absolute Gasteiger partial charge is 0.457 e. The van der Waals surface area contributed by atoms with E-state index in [9.17, 15) is 18.0 Å². The molecule has 0 radical (unpaired) electrons. The number of amides is 1. The zero-order chi connectivity index (χ0) is 24.1. The van der Waals surface area contributed by atoms with E-state index in [-0.39, 0.29) is 29.6 Å². The van der Waals surface area contributed by atoms with Crippen molar-refractivity contribution in [2.24, 2.45) is 0 Å². The van der Waals surface area contributed by atoms with Gasteiger partial charge in [0.1, 0.15) is 35.6 Å². The van der Waals surface area contributed by atoms with E-state index in [1.54, 1.807) is 59.3 Å². The van der Waals surface area contributed by atoms with Gasteiger partial charge < -0.3 is 9.64 Å². The molecule has 1 amide bonds. The molecule has 4 rings (SSSR count). The highest BCUT2D eigenvalue weighted by molar-refractivity contribution is 6.29. The topological polar surface area (TPSA) is 60.2 Å². The predicted octanol–water partition coefficient (Wildman–Crippen LogP) is 5.85. The molecule has 0 saturated carbocycles. The molecule has 10 heteroatoms. The lowest BCUT2D eigenvalue weighted by Crippen LogP contribution is -2.31. The number of carbonyl (C=O) groups excluding carboxylic acids is 1. The minimum atomic E-state index is -4.70. The molecule has 0 aliphatic heterocycles. The number of para-hydroxylation sites is 1. The van der Waals surface area contributed by atoms with Crippen LogP contribution in [0.15, 0.2) is 85.5 Å². The lowest BCUT2D eigenvalue weighted by atomic mass is 10.1.